The van der Waals surface area contributed by atoms with Gasteiger partial charge in [0, 0.05) is 5.02 Å². The molecule has 0 spiro atoms. The maximum absolute atomic E-state index is 12.0. The third-order valence-electron chi connectivity index (χ3n) is 2.06. The number of aromatic nitrogens is 2. The van der Waals surface area contributed by atoms with Gasteiger partial charge in [-0.3, -0.25) is 15.2 Å². The minimum atomic E-state index is -0.441. The smallest absolute Gasteiger partial charge is 0.258 e. The maximum Gasteiger partial charge on any atom is 0.258 e. The SMILES string of the molecule is O=C(NC(=S)Nc1n[nH]c(=S)s1)c1ccc(Cl)cc1Cl. The lowest BCUT2D eigenvalue weighted by atomic mass is 10.2. The van der Waals surface area contributed by atoms with E-state index in [0.717, 1.165) is 0 Å². The van der Waals surface area contributed by atoms with Crippen LogP contribution in [0.5, 0.6) is 0 Å². The third kappa shape index (κ3) is 3.97. The van der Waals surface area contributed by atoms with Crippen molar-refractivity contribution < 1.29 is 4.79 Å². The van der Waals surface area contributed by atoms with Crippen LogP contribution in [-0.4, -0.2) is 21.2 Å². The van der Waals surface area contributed by atoms with Gasteiger partial charge in [0.1, 0.15) is 0 Å². The van der Waals surface area contributed by atoms with E-state index in [4.69, 9.17) is 47.6 Å². The van der Waals surface area contributed by atoms with Crippen LogP contribution in [0.15, 0.2) is 18.2 Å². The van der Waals surface area contributed by atoms with Crippen LogP contribution in [0, 0.1) is 3.95 Å². The molecule has 1 aromatic carbocycles. The van der Waals surface area contributed by atoms with Gasteiger partial charge in [-0.15, -0.1) is 5.10 Å². The number of aromatic amines is 1. The Morgan fingerprint density at radius 3 is 2.75 bits per heavy atom. The Labute approximate surface area is 138 Å². The molecule has 104 valence electrons. The Hall–Kier alpha value is -1.06. The molecule has 20 heavy (non-hydrogen) atoms. The number of rotatable bonds is 2. The predicted molar refractivity (Wildman–Crippen MR) is 87.4 cm³/mol. The van der Waals surface area contributed by atoms with Crippen molar-refractivity contribution in [2.24, 2.45) is 0 Å². The number of hydrogen-bond acceptors (Lipinski definition) is 5. The fraction of sp³-hybridized carbons (Fsp3) is 0. The zero-order chi connectivity index (χ0) is 14.7. The second kappa shape index (κ2) is 6.59. The minimum absolute atomic E-state index is 0.0961. The summed E-state index contributed by atoms with van der Waals surface area (Å²) in [5.74, 6) is -0.441. The Kier molecular flexibility index (Phi) is 5.06. The van der Waals surface area contributed by atoms with Crippen molar-refractivity contribution in [2.45, 2.75) is 0 Å². The van der Waals surface area contributed by atoms with Crippen molar-refractivity contribution in [3.8, 4) is 0 Å². The molecule has 0 aliphatic carbocycles. The molecule has 0 atom stereocenters. The van der Waals surface area contributed by atoms with Gasteiger partial charge in [-0.05, 0) is 42.6 Å². The second-order valence-electron chi connectivity index (χ2n) is 3.45. The highest BCUT2D eigenvalue weighted by Gasteiger charge is 2.12. The van der Waals surface area contributed by atoms with Gasteiger partial charge in [-0.25, -0.2) is 0 Å². The zero-order valence-electron chi connectivity index (χ0n) is 9.57. The van der Waals surface area contributed by atoms with E-state index < -0.39 is 5.91 Å². The van der Waals surface area contributed by atoms with Crippen LogP contribution in [0.2, 0.25) is 10.0 Å². The molecule has 0 unspecified atom stereocenters. The molecule has 3 N–H and O–H groups in total. The van der Waals surface area contributed by atoms with Crippen molar-refractivity contribution in [3.63, 3.8) is 0 Å². The monoisotopic (exact) mass is 364 g/mol. The van der Waals surface area contributed by atoms with Gasteiger partial charge in [0.2, 0.25) is 5.13 Å². The number of amides is 1. The van der Waals surface area contributed by atoms with Crippen molar-refractivity contribution in [1.82, 2.24) is 15.5 Å². The van der Waals surface area contributed by atoms with Gasteiger partial charge in [0.15, 0.2) is 9.07 Å². The number of nitrogens with zero attached hydrogens (tertiary/aromatic N) is 1. The van der Waals surface area contributed by atoms with Gasteiger partial charge < -0.3 is 5.32 Å². The standard InChI is InChI=1S/C10H6Cl2N4OS3/c11-4-1-2-5(6(12)3-4)7(17)13-8(18)14-9-15-16-10(19)20-9/h1-3H,(H,16,19)(H2,13,14,15,17,18). The van der Waals surface area contributed by atoms with Crippen LogP contribution in [0.3, 0.4) is 0 Å². The van der Waals surface area contributed by atoms with E-state index in [1.54, 1.807) is 6.07 Å². The van der Waals surface area contributed by atoms with Gasteiger partial charge >= 0.3 is 0 Å². The number of halogens is 2. The summed E-state index contributed by atoms with van der Waals surface area (Å²) in [5, 5.41) is 12.9. The molecule has 0 fully saturated rings. The summed E-state index contributed by atoms with van der Waals surface area (Å²) in [6.07, 6.45) is 0. The lowest BCUT2D eigenvalue weighted by Crippen LogP contribution is -2.34. The van der Waals surface area contributed by atoms with Crippen LogP contribution in [0.4, 0.5) is 5.13 Å². The van der Waals surface area contributed by atoms with Crippen LogP contribution >= 0.6 is 59.0 Å². The topological polar surface area (TPSA) is 69.8 Å². The lowest BCUT2D eigenvalue weighted by Gasteiger charge is -2.08. The molecule has 0 aliphatic rings. The molecular formula is C10H6Cl2N4OS3. The molecule has 0 saturated carbocycles. The van der Waals surface area contributed by atoms with E-state index in [-0.39, 0.29) is 15.7 Å². The molecule has 0 aliphatic heterocycles. The summed E-state index contributed by atoms with van der Waals surface area (Å²) >= 11 is 22.8. The first-order chi connectivity index (χ1) is 9.45. The summed E-state index contributed by atoms with van der Waals surface area (Å²) in [5.41, 5.74) is 0.273. The van der Waals surface area contributed by atoms with Gasteiger partial charge in [0.05, 0.1) is 10.6 Å². The number of anilines is 1. The van der Waals surface area contributed by atoms with E-state index in [2.05, 4.69) is 20.8 Å². The first-order valence-corrected chi connectivity index (χ1v) is 7.47. The Balaban J connectivity index is 2.04. The number of benzene rings is 1. The van der Waals surface area contributed by atoms with E-state index in [1.165, 1.54) is 23.5 Å². The average Bonchev–Trinajstić information content (AvgIpc) is 2.74. The quantitative estimate of drug-likeness (QED) is 0.709. The van der Waals surface area contributed by atoms with Crippen molar-refractivity contribution >= 4 is 75.1 Å². The number of nitrogens with one attached hydrogen (secondary N) is 3. The highest BCUT2D eigenvalue weighted by Crippen LogP contribution is 2.20. The first kappa shape index (κ1) is 15.3. The molecule has 10 heteroatoms. The highest BCUT2D eigenvalue weighted by atomic mass is 35.5. The lowest BCUT2D eigenvalue weighted by molar-refractivity contribution is 0.0978. The van der Waals surface area contributed by atoms with Crippen LogP contribution in [-0.2, 0) is 0 Å². The number of carbonyl (C=O) groups is 1. The fourth-order valence-corrected chi connectivity index (χ4v) is 2.80. The maximum atomic E-state index is 12.0. The minimum Gasteiger partial charge on any atom is -0.307 e. The number of hydrogen-bond donors (Lipinski definition) is 3. The predicted octanol–water partition coefficient (Wildman–Crippen LogP) is 3.63. The Morgan fingerprint density at radius 2 is 2.15 bits per heavy atom. The molecule has 2 rings (SSSR count). The van der Waals surface area contributed by atoms with E-state index in [9.17, 15) is 4.79 Å². The Bertz CT molecular complexity index is 727. The number of thiocarbonyl (C=S) groups is 1. The van der Waals surface area contributed by atoms with Gasteiger partial charge in [-0.2, -0.15) is 0 Å². The summed E-state index contributed by atoms with van der Waals surface area (Å²) in [6.45, 7) is 0. The largest absolute Gasteiger partial charge is 0.307 e. The third-order valence-corrected chi connectivity index (χ3v) is 3.82. The molecular weight excluding hydrogens is 359 g/mol. The van der Waals surface area contributed by atoms with E-state index in [0.29, 0.717) is 14.1 Å². The molecule has 1 heterocycles. The molecule has 2 aromatic rings. The molecule has 1 aromatic heterocycles. The van der Waals surface area contributed by atoms with Crippen molar-refractivity contribution in [1.29, 1.82) is 0 Å². The summed E-state index contributed by atoms with van der Waals surface area (Å²) in [6, 6.07) is 4.56. The highest BCUT2D eigenvalue weighted by molar-refractivity contribution is 7.80. The number of H-pyrrole nitrogens is 1. The Morgan fingerprint density at radius 1 is 1.40 bits per heavy atom. The zero-order valence-corrected chi connectivity index (χ0v) is 13.5. The van der Waals surface area contributed by atoms with Gasteiger partial charge in [0.25, 0.3) is 5.91 Å². The summed E-state index contributed by atoms with van der Waals surface area (Å²) in [7, 11) is 0. The van der Waals surface area contributed by atoms with Crippen LogP contribution < -0.4 is 10.6 Å². The van der Waals surface area contributed by atoms with Crippen LogP contribution in [0.25, 0.3) is 0 Å². The summed E-state index contributed by atoms with van der Waals surface area (Å²) < 4.78 is 0.502. The van der Waals surface area contributed by atoms with Crippen molar-refractivity contribution in [3.05, 3.63) is 37.8 Å². The second-order valence-corrected chi connectivity index (χ2v) is 6.37. The molecule has 5 nitrogen and oxygen atoms in total. The first-order valence-electron chi connectivity index (χ1n) is 5.08. The van der Waals surface area contributed by atoms with E-state index in [1.807, 2.05) is 0 Å². The average molecular weight is 365 g/mol. The van der Waals surface area contributed by atoms with Crippen molar-refractivity contribution in [2.75, 3.05) is 5.32 Å². The molecule has 1 amide bonds. The normalized spacial score (nSPS) is 10.1. The molecule has 0 saturated heterocycles. The summed E-state index contributed by atoms with van der Waals surface area (Å²) in [4.78, 5) is 12.0. The fourth-order valence-electron chi connectivity index (χ4n) is 1.26. The van der Waals surface area contributed by atoms with Gasteiger partial charge in [-0.1, -0.05) is 34.5 Å². The molecule has 0 bridgehead atoms. The molecule has 0 radical (unpaired) electrons. The number of carbonyl (C=O) groups excluding carboxylic acids is 1. The van der Waals surface area contributed by atoms with Crippen LogP contribution in [0.1, 0.15) is 10.4 Å². The van der Waals surface area contributed by atoms with E-state index >= 15 is 0 Å².